The molecule has 0 fully saturated rings. The fourth-order valence-corrected chi connectivity index (χ4v) is 0.668. The molecule has 0 spiro atoms. The zero-order valence-corrected chi connectivity index (χ0v) is 9.50. The van der Waals surface area contributed by atoms with Crippen LogP contribution in [0.5, 0.6) is 0 Å². The standard InChI is InChI=1S/C8H9O.K/c1-9-7-8-5-3-2-4-6-8;/h2-7H,1H3;/q-1;+1. The second-order valence-electron chi connectivity index (χ2n) is 1.76. The Morgan fingerprint density at radius 1 is 1.20 bits per heavy atom. The largest absolute Gasteiger partial charge is 1.00 e. The summed E-state index contributed by atoms with van der Waals surface area (Å²) in [5.74, 6) is 0. The third kappa shape index (κ3) is 3.76. The molecular formula is C8H9KO. The van der Waals surface area contributed by atoms with Gasteiger partial charge in [-0.1, -0.05) is 12.7 Å². The third-order valence-corrected chi connectivity index (χ3v) is 1.05. The van der Waals surface area contributed by atoms with Crippen molar-refractivity contribution in [3.63, 3.8) is 0 Å². The summed E-state index contributed by atoms with van der Waals surface area (Å²) in [5.41, 5.74) is 1.10. The maximum atomic E-state index is 4.80. The van der Waals surface area contributed by atoms with E-state index in [1.54, 1.807) is 13.7 Å². The van der Waals surface area contributed by atoms with Gasteiger partial charge in [0.2, 0.25) is 0 Å². The summed E-state index contributed by atoms with van der Waals surface area (Å²) in [5, 5.41) is 0. The quantitative estimate of drug-likeness (QED) is 0.392. The van der Waals surface area contributed by atoms with Crippen molar-refractivity contribution in [3.05, 3.63) is 42.5 Å². The maximum Gasteiger partial charge on any atom is 1.00 e. The molecular weight excluding hydrogens is 151 g/mol. The van der Waals surface area contributed by atoms with Crippen molar-refractivity contribution in [1.82, 2.24) is 0 Å². The van der Waals surface area contributed by atoms with E-state index < -0.39 is 0 Å². The first-order valence-corrected chi connectivity index (χ1v) is 2.84. The van der Waals surface area contributed by atoms with Gasteiger partial charge in [-0.15, -0.1) is 12.1 Å². The molecule has 0 aliphatic rings. The van der Waals surface area contributed by atoms with E-state index in [2.05, 4.69) is 0 Å². The van der Waals surface area contributed by atoms with E-state index in [4.69, 9.17) is 4.74 Å². The van der Waals surface area contributed by atoms with Crippen LogP contribution in [0.1, 0.15) is 5.56 Å². The van der Waals surface area contributed by atoms with Crippen molar-refractivity contribution in [2.24, 2.45) is 0 Å². The minimum atomic E-state index is 0. The Kier molecular flexibility index (Phi) is 6.84. The Hall–Kier alpha value is 0.686. The first-order chi connectivity index (χ1) is 4.43. The van der Waals surface area contributed by atoms with E-state index in [1.165, 1.54) is 0 Å². The molecule has 2 heteroatoms. The first kappa shape index (κ1) is 10.7. The molecule has 0 aliphatic heterocycles. The van der Waals surface area contributed by atoms with Crippen molar-refractivity contribution in [2.45, 2.75) is 0 Å². The van der Waals surface area contributed by atoms with Gasteiger partial charge in [0.05, 0.1) is 0 Å². The SMILES string of the molecule is CO[CH-]c1ccccc1.[K+]. The summed E-state index contributed by atoms with van der Waals surface area (Å²) in [6, 6.07) is 9.91. The van der Waals surface area contributed by atoms with Crippen molar-refractivity contribution < 1.29 is 56.1 Å². The van der Waals surface area contributed by atoms with Crippen molar-refractivity contribution in [1.29, 1.82) is 0 Å². The number of methoxy groups -OCH3 is 1. The van der Waals surface area contributed by atoms with E-state index in [0.717, 1.165) is 5.56 Å². The van der Waals surface area contributed by atoms with Gasteiger partial charge in [-0.3, -0.25) is 0 Å². The fraction of sp³-hybridized carbons (Fsp3) is 0.125. The Labute approximate surface area is 104 Å². The van der Waals surface area contributed by atoms with E-state index in [1.807, 2.05) is 30.3 Å². The van der Waals surface area contributed by atoms with Crippen LogP contribution >= 0.6 is 0 Å². The summed E-state index contributed by atoms with van der Waals surface area (Å²) in [7, 11) is 1.65. The van der Waals surface area contributed by atoms with Gasteiger partial charge in [0.15, 0.2) is 0 Å². The molecule has 1 aromatic rings. The summed E-state index contributed by atoms with van der Waals surface area (Å²) >= 11 is 0. The predicted octanol–water partition coefficient (Wildman–Crippen LogP) is -1.15. The molecule has 0 bridgehead atoms. The van der Waals surface area contributed by atoms with Crippen molar-refractivity contribution in [3.8, 4) is 0 Å². The normalized spacial score (nSPS) is 8.10. The maximum absolute atomic E-state index is 4.80. The molecule has 48 valence electrons. The van der Waals surface area contributed by atoms with Gasteiger partial charge in [0.1, 0.15) is 0 Å². The van der Waals surface area contributed by atoms with Crippen LogP contribution in [0, 0.1) is 6.61 Å². The van der Waals surface area contributed by atoms with Crippen LogP contribution in [0.2, 0.25) is 0 Å². The summed E-state index contributed by atoms with van der Waals surface area (Å²) < 4.78 is 4.80. The molecule has 0 saturated carbocycles. The number of hydrogen-bond donors (Lipinski definition) is 0. The molecule has 0 radical (unpaired) electrons. The molecule has 0 aromatic heterocycles. The minimum absolute atomic E-state index is 0. The molecule has 0 saturated heterocycles. The molecule has 0 atom stereocenters. The monoisotopic (exact) mass is 160 g/mol. The van der Waals surface area contributed by atoms with Gasteiger partial charge in [-0.25, -0.2) is 0 Å². The van der Waals surface area contributed by atoms with Crippen LogP contribution in [0.3, 0.4) is 0 Å². The van der Waals surface area contributed by atoms with Gasteiger partial charge in [-0.05, 0) is 0 Å². The molecule has 1 aromatic carbocycles. The van der Waals surface area contributed by atoms with Gasteiger partial charge >= 0.3 is 51.4 Å². The molecule has 1 nitrogen and oxygen atoms in total. The van der Waals surface area contributed by atoms with Gasteiger partial charge in [-0.2, -0.15) is 17.7 Å². The average molecular weight is 160 g/mol. The van der Waals surface area contributed by atoms with E-state index in [9.17, 15) is 0 Å². The first-order valence-electron chi connectivity index (χ1n) is 2.84. The number of hydrogen-bond acceptors (Lipinski definition) is 1. The van der Waals surface area contributed by atoms with E-state index in [0.29, 0.717) is 0 Å². The van der Waals surface area contributed by atoms with Crippen LogP contribution in [0.4, 0.5) is 0 Å². The number of rotatable bonds is 2. The average Bonchev–Trinajstić information content (AvgIpc) is 1.91. The second kappa shape index (κ2) is 6.40. The Bertz CT molecular complexity index is 162. The zero-order valence-electron chi connectivity index (χ0n) is 6.37. The number of ether oxygens (including phenoxy) is 1. The summed E-state index contributed by atoms with van der Waals surface area (Å²) in [4.78, 5) is 0. The molecule has 0 heterocycles. The molecule has 1 rings (SSSR count). The van der Waals surface area contributed by atoms with Crippen LogP contribution in [-0.2, 0) is 4.74 Å². The van der Waals surface area contributed by atoms with Crippen molar-refractivity contribution in [2.75, 3.05) is 7.11 Å². The Morgan fingerprint density at radius 3 is 2.30 bits per heavy atom. The summed E-state index contributed by atoms with van der Waals surface area (Å²) in [6.07, 6.45) is 0. The topological polar surface area (TPSA) is 9.23 Å². The van der Waals surface area contributed by atoms with Crippen molar-refractivity contribution >= 4 is 0 Å². The van der Waals surface area contributed by atoms with Crippen LogP contribution in [-0.4, -0.2) is 7.11 Å². The molecule has 10 heavy (non-hydrogen) atoms. The van der Waals surface area contributed by atoms with E-state index in [-0.39, 0.29) is 51.4 Å². The summed E-state index contributed by atoms with van der Waals surface area (Å²) in [6.45, 7) is 1.71. The smallest absolute Gasteiger partial charge is 0.417 e. The second-order valence-corrected chi connectivity index (χ2v) is 1.76. The van der Waals surface area contributed by atoms with Gasteiger partial charge in [0.25, 0.3) is 0 Å². The minimum Gasteiger partial charge on any atom is -0.417 e. The predicted molar refractivity (Wildman–Crippen MR) is 36.9 cm³/mol. The Balaban J connectivity index is 0.000000810. The molecule has 0 amide bonds. The third-order valence-electron chi connectivity index (χ3n) is 1.05. The molecule has 0 N–H and O–H groups in total. The zero-order chi connectivity index (χ0) is 6.53. The Morgan fingerprint density at radius 2 is 1.80 bits per heavy atom. The van der Waals surface area contributed by atoms with Gasteiger partial charge in [0, 0.05) is 7.11 Å². The van der Waals surface area contributed by atoms with Crippen LogP contribution in [0.25, 0.3) is 0 Å². The molecule has 0 aliphatic carbocycles. The number of benzene rings is 1. The van der Waals surface area contributed by atoms with Crippen LogP contribution in [0.15, 0.2) is 30.3 Å². The van der Waals surface area contributed by atoms with E-state index >= 15 is 0 Å². The van der Waals surface area contributed by atoms with Gasteiger partial charge < -0.3 is 4.74 Å². The van der Waals surface area contributed by atoms with Crippen LogP contribution < -0.4 is 51.4 Å². The molecule has 0 unspecified atom stereocenters. The fourth-order valence-electron chi connectivity index (χ4n) is 0.668.